The summed E-state index contributed by atoms with van der Waals surface area (Å²) in [4.78, 5) is 21.2. The molecule has 4 aromatic rings. The van der Waals surface area contributed by atoms with Crippen LogP contribution in [0.2, 0.25) is 5.02 Å². The summed E-state index contributed by atoms with van der Waals surface area (Å²) in [5.74, 6) is -0.138. The van der Waals surface area contributed by atoms with Gasteiger partial charge in [-0.05, 0) is 60.5 Å². The molecular weight excluding hydrogens is 524 g/mol. The molecule has 1 saturated heterocycles. The first-order chi connectivity index (χ1) is 18.3. The molecule has 0 radical (unpaired) electrons. The molecule has 0 bridgehead atoms. The minimum absolute atomic E-state index is 0.0886. The van der Waals surface area contributed by atoms with Crippen LogP contribution in [-0.2, 0) is 10.0 Å². The smallest absolute Gasteiger partial charge is 0.264 e. The maximum Gasteiger partial charge on any atom is 0.264 e. The highest BCUT2D eigenvalue weighted by molar-refractivity contribution is 7.93. The number of nitrogens with zero attached hydrogens (tertiary/aromatic N) is 3. The van der Waals surface area contributed by atoms with E-state index < -0.39 is 16.3 Å². The first-order valence-electron chi connectivity index (χ1n) is 12.3. The Kier molecular flexibility index (Phi) is 7.62. The summed E-state index contributed by atoms with van der Waals surface area (Å²) < 4.78 is 28.7. The lowest BCUT2D eigenvalue weighted by atomic mass is 10.2. The van der Waals surface area contributed by atoms with Gasteiger partial charge in [-0.25, -0.2) is 8.42 Å². The van der Waals surface area contributed by atoms with Crippen molar-refractivity contribution in [2.45, 2.75) is 17.5 Å². The second kappa shape index (κ2) is 11.1. The van der Waals surface area contributed by atoms with Crippen LogP contribution in [0.15, 0.2) is 90.0 Å². The maximum absolute atomic E-state index is 13.2. The number of aliphatic hydroxyl groups is 1. The van der Waals surface area contributed by atoms with E-state index in [1.54, 1.807) is 71.8 Å². The predicted octanol–water partition coefficient (Wildman–Crippen LogP) is 4.53. The average molecular weight is 551 g/mol. The van der Waals surface area contributed by atoms with Gasteiger partial charge in [0.25, 0.3) is 15.9 Å². The molecule has 1 aromatic heterocycles. The molecule has 1 atom stereocenters. The van der Waals surface area contributed by atoms with Crippen LogP contribution in [-0.4, -0.2) is 60.4 Å². The third-order valence-electron chi connectivity index (χ3n) is 6.60. The van der Waals surface area contributed by atoms with Crippen LogP contribution in [0, 0.1) is 0 Å². The lowest BCUT2D eigenvalue weighted by Gasteiger charge is -2.27. The number of para-hydroxylation sites is 1. The summed E-state index contributed by atoms with van der Waals surface area (Å²) in [5, 5.41) is 12.1. The molecule has 1 aliphatic rings. The summed E-state index contributed by atoms with van der Waals surface area (Å²) in [7, 11) is -3.88. The van der Waals surface area contributed by atoms with Gasteiger partial charge >= 0.3 is 0 Å². The van der Waals surface area contributed by atoms with Crippen molar-refractivity contribution in [3.63, 3.8) is 0 Å². The monoisotopic (exact) mass is 550 g/mol. The van der Waals surface area contributed by atoms with Gasteiger partial charge in [-0.1, -0.05) is 41.9 Å². The predicted molar refractivity (Wildman–Crippen MR) is 147 cm³/mol. The normalized spacial score (nSPS) is 15.7. The van der Waals surface area contributed by atoms with E-state index >= 15 is 0 Å². The number of benzene rings is 3. The Morgan fingerprint density at radius 3 is 2.42 bits per heavy atom. The molecule has 1 aliphatic heterocycles. The van der Waals surface area contributed by atoms with E-state index in [-0.39, 0.29) is 10.8 Å². The van der Waals surface area contributed by atoms with Gasteiger partial charge < -0.3 is 10.0 Å². The number of anilines is 1. The number of rotatable bonds is 6. The fourth-order valence-electron chi connectivity index (χ4n) is 4.60. The summed E-state index contributed by atoms with van der Waals surface area (Å²) in [6, 6.07) is 22.1. The minimum Gasteiger partial charge on any atom is -0.374 e. The van der Waals surface area contributed by atoms with Crippen molar-refractivity contribution >= 4 is 44.1 Å². The van der Waals surface area contributed by atoms with Crippen molar-refractivity contribution in [3.8, 4) is 0 Å². The highest BCUT2D eigenvalue weighted by Gasteiger charge is 2.25. The Morgan fingerprint density at radius 1 is 0.921 bits per heavy atom. The Bertz CT molecular complexity index is 1540. The van der Waals surface area contributed by atoms with Crippen LogP contribution in [0.1, 0.15) is 28.6 Å². The van der Waals surface area contributed by atoms with E-state index in [4.69, 9.17) is 11.6 Å². The molecule has 1 amide bonds. The Labute approximate surface area is 226 Å². The lowest BCUT2D eigenvalue weighted by Crippen LogP contribution is -2.36. The second-order valence-electron chi connectivity index (χ2n) is 9.12. The highest BCUT2D eigenvalue weighted by Crippen LogP contribution is 2.25. The van der Waals surface area contributed by atoms with Gasteiger partial charge in [0.15, 0.2) is 0 Å². The highest BCUT2D eigenvalue weighted by atomic mass is 35.5. The van der Waals surface area contributed by atoms with Crippen molar-refractivity contribution in [2.75, 3.05) is 30.9 Å². The number of hydrogen-bond acceptors (Lipinski definition) is 6. The number of carbonyl (C=O) groups excluding carboxylic acids is 1. The fraction of sp³-hybridized carbons (Fsp3) is 0.214. The molecule has 0 spiro atoms. The van der Waals surface area contributed by atoms with Gasteiger partial charge in [-0.2, -0.15) is 0 Å². The lowest BCUT2D eigenvalue weighted by molar-refractivity contribution is 0.00454. The third kappa shape index (κ3) is 5.66. The summed E-state index contributed by atoms with van der Waals surface area (Å²) in [5.41, 5.74) is 1.96. The molecule has 196 valence electrons. The molecule has 10 heteroatoms. The number of sulfonamides is 1. The van der Waals surface area contributed by atoms with Gasteiger partial charge in [0.05, 0.1) is 5.52 Å². The van der Waals surface area contributed by atoms with E-state index in [1.165, 1.54) is 6.07 Å². The summed E-state index contributed by atoms with van der Waals surface area (Å²) in [6.07, 6.45) is 1.50. The first-order valence-corrected chi connectivity index (χ1v) is 14.1. The second-order valence-corrected chi connectivity index (χ2v) is 11.2. The number of carbonyl (C=O) groups is 1. The van der Waals surface area contributed by atoms with Crippen molar-refractivity contribution in [2.24, 2.45) is 0 Å². The van der Waals surface area contributed by atoms with Crippen LogP contribution in [0.25, 0.3) is 10.9 Å². The van der Waals surface area contributed by atoms with Gasteiger partial charge in [0, 0.05) is 54.0 Å². The number of aliphatic hydroxyl groups excluding tert-OH is 1. The molecular formula is C28H27ClN4O4S. The zero-order chi connectivity index (χ0) is 26.7. The van der Waals surface area contributed by atoms with Crippen molar-refractivity contribution in [1.29, 1.82) is 0 Å². The van der Waals surface area contributed by atoms with Crippen molar-refractivity contribution in [1.82, 2.24) is 14.8 Å². The van der Waals surface area contributed by atoms with Crippen molar-refractivity contribution < 1.29 is 18.3 Å². The number of aromatic nitrogens is 1. The van der Waals surface area contributed by atoms with E-state index in [0.29, 0.717) is 54.4 Å². The fourth-order valence-corrected chi connectivity index (χ4v) is 5.96. The van der Waals surface area contributed by atoms with Crippen LogP contribution < -0.4 is 4.72 Å². The molecule has 5 rings (SSSR count). The molecule has 1 fully saturated rings. The standard InChI is InChI=1S/C28H27ClN4O4S/c29-23-11-7-21(8-12-23)27(34)32-16-3-17-33(19-18-32)28(35)22-9-13-24(14-10-22)31-38(36,37)25-6-1-4-20-5-2-15-30-26(20)25/h1-2,4-15,27,31,34H,3,16-19H2. The Balaban J connectivity index is 1.24. The van der Waals surface area contributed by atoms with E-state index in [9.17, 15) is 18.3 Å². The van der Waals surface area contributed by atoms with Gasteiger partial charge in [-0.3, -0.25) is 19.4 Å². The van der Waals surface area contributed by atoms with Crippen LogP contribution in [0.5, 0.6) is 0 Å². The number of hydrogen-bond donors (Lipinski definition) is 2. The molecule has 0 aliphatic carbocycles. The molecule has 8 nitrogen and oxygen atoms in total. The minimum atomic E-state index is -3.88. The Hall–Kier alpha value is -3.50. The molecule has 0 saturated carbocycles. The van der Waals surface area contributed by atoms with Gasteiger partial charge in [-0.15, -0.1) is 0 Å². The Morgan fingerprint density at radius 2 is 1.66 bits per heavy atom. The van der Waals surface area contributed by atoms with Gasteiger partial charge in [0.2, 0.25) is 0 Å². The molecule has 1 unspecified atom stereocenters. The van der Waals surface area contributed by atoms with Gasteiger partial charge in [0.1, 0.15) is 11.1 Å². The number of pyridine rings is 1. The van der Waals surface area contributed by atoms with Crippen LogP contribution >= 0.6 is 11.6 Å². The van der Waals surface area contributed by atoms with Crippen LogP contribution in [0.4, 0.5) is 5.69 Å². The van der Waals surface area contributed by atoms with Crippen molar-refractivity contribution in [3.05, 3.63) is 101 Å². The zero-order valence-electron chi connectivity index (χ0n) is 20.5. The number of halogens is 1. The zero-order valence-corrected chi connectivity index (χ0v) is 22.1. The molecule has 2 heterocycles. The molecule has 3 aromatic carbocycles. The maximum atomic E-state index is 13.2. The van der Waals surface area contributed by atoms with E-state index in [0.717, 1.165) is 10.9 Å². The van der Waals surface area contributed by atoms with E-state index in [1.807, 2.05) is 17.0 Å². The third-order valence-corrected chi connectivity index (χ3v) is 8.27. The number of amides is 1. The first kappa shape index (κ1) is 26.1. The summed E-state index contributed by atoms with van der Waals surface area (Å²) >= 11 is 5.96. The number of fused-ring (bicyclic) bond motifs is 1. The molecule has 2 N–H and O–H groups in total. The average Bonchev–Trinajstić information content (AvgIpc) is 3.19. The topological polar surface area (TPSA) is 103 Å². The van der Waals surface area contributed by atoms with E-state index in [2.05, 4.69) is 9.71 Å². The number of nitrogens with one attached hydrogen (secondary N) is 1. The summed E-state index contributed by atoms with van der Waals surface area (Å²) in [6.45, 7) is 2.20. The SMILES string of the molecule is O=C(c1ccc(NS(=O)(=O)c2cccc3cccnc23)cc1)N1CCCN(C(O)c2ccc(Cl)cc2)CC1. The quantitative estimate of drug-likeness (QED) is 0.366. The van der Waals surface area contributed by atoms with Crippen LogP contribution in [0.3, 0.4) is 0 Å². The largest absolute Gasteiger partial charge is 0.374 e. The molecule has 38 heavy (non-hydrogen) atoms.